The predicted molar refractivity (Wildman–Crippen MR) is 104 cm³/mol. The van der Waals surface area contributed by atoms with Crippen molar-refractivity contribution in [3.8, 4) is 11.3 Å². The van der Waals surface area contributed by atoms with E-state index in [4.69, 9.17) is 4.42 Å². The molecule has 144 valence electrons. The quantitative estimate of drug-likeness (QED) is 0.736. The fraction of sp³-hybridized carbons (Fsp3) is 0.273. The van der Waals surface area contributed by atoms with Gasteiger partial charge in [-0.3, -0.25) is 9.78 Å². The van der Waals surface area contributed by atoms with Gasteiger partial charge in [0, 0.05) is 44.9 Å². The van der Waals surface area contributed by atoms with Crippen molar-refractivity contribution in [2.75, 3.05) is 19.6 Å². The first kappa shape index (κ1) is 18.4. The highest BCUT2D eigenvalue weighted by Gasteiger charge is 2.27. The van der Waals surface area contributed by atoms with Gasteiger partial charge < -0.3 is 14.6 Å². The Morgan fingerprint density at radius 1 is 1.21 bits per heavy atom. The number of nitrogens with one attached hydrogen (secondary N) is 1. The molecule has 0 spiro atoms. The molecule has 4 rings (SSSR count). The van der Waals surface area contributed by atoms with Crippen LogP contribution in [0.15, 0.2) is 65.3 Å². The van der Waals surface area contributed by atoms with E-state index in [9.17, 15) is 9.18 Å². The van der Waals surface area contributed by atoms with Crippen molar-refractivity contribution in [1.82, 2.24) is 15.2 Å². The summed E-state index contributed by atoms with van der Waals surface area (Å²) in [5, 5.41) is 3.34. The van der Waals surface area contributed by atoms with Crippen molar-refractivity contribution in [2.24, 2.45) is 0 Å². The smallest absolute Gasteiger partial charge is 0.223 e. The molecule has 1 N–H and O–H groups in total. The largest absolute Gasteiger partial charge is 0.461 e. The summed E-state index contributed by atoms with van der Waals surface area (Å²) in [5.74, 6) is 0.925. The fourth-order valence-corrected chi connectivity index (χ4v) is 3.57. The zero-order chi connectivity index (χ0) is 19.3. The highest BCUT2D eigenvalue weighted by Crippen LogP contribution is 2.26. The normalized spacial score (nSPS) is 16.9. The van der Waals surface area contributed by atoms with Gasteiger partial charge in [0.25, 0.3) is 0 Å². The van der Waals surface area contributed by atoms with Gasteiger partial charge in [-0.1, -0.05) is 18.2 Å². The van der Waals surface area contributed by atoms with Crippen LogP contribution in [0.2, 0.25) is 0 Å². The molecule has 6 heteroatoms. The van der Waals surface area contributed by atoms with E-state index in [2.05, 4.69) is 10.3 Å². The van der Waals surface area contributed by atoms with Crippen molar-refractivity contribution in [3.63, 3.8) is 0 Å². The molecule has 1 aliphatic heterocycles. The summed E-state index contributed by atoms with van der Waals surface area (Å²) in [6.45, 7) is 2.16. The second-order valence-electron chi connectivity index (χ2n) is 6.84. The first-order chi connectivity index (χ1) is 13.7. The Morgan fingerprint density at radius 2 is 2.11 bits per heavy atom. The third kappa shape index (κ3) is 3.97. The van der Waals surface area contributed by atoms with Gasteiger partial charge in [-0.15, -0.1) is 0 Å². The summed E-state index contributed by atoms with van der Waals surface area (Å²) in [5.41, 5.74) is 1.46. The van der Waals surface area contributed by atoms with Crippen LogP contribution in [0.25, 0.3) is 11.3 Å². The number of hydrogen-bond donors (Lipinski definition) is 1. The molecule has 5 nitrogen and oxygen atoms in total. The van der Waals surface area contributed by atoms with Gasteiger partial charge in [0.05, 0.1) is 11.6 Å². The Bertz CT molecular complexity index is 942. The highest BCUT2D eigenvalue weighted by molar-refractivity contribution is 5.77. The monoisotopic (exact) mass is 379 g/mol. The average molecular weight is 379 g/mol. The third-order valence-corrected chi connectivity index (χ3v) is 5.02. The molecule has 1 amide bonds. The van der Waals surface area contributed by atoms with E-state index < -0.39 is 0 Å². The van der Waals surface area contributed by atoms with Crippen LogP contribution in [0.1, 0.15) is 23.8 Å². The number of benzene rings is 1. The molecule has 2 aromatic heterocycles. The molecule has 1 aromatic carbocycles. The number of piperazine rings is 1. The Kier molecular flexibility index (Phi) is 5.48. The minimum Gasteiger partial charge on any atom is -0.461 e. The highest BCUT2D eigenvalue weighted by atomic mass is 19.1. The lowest BCUT2D eigenvalue weighted by Gasteiger charge is -2.36. The van der Waals surface area contributed by atoms with Gasteiger partial charge in [0.15, 0.2) is 0 Å². The number of carbonyl (C=O) groups excluding carboxylic acids is 1. The van der Waals surface area contributed by atoms with Crippen LogP contribution >= 0.6 is 0 Å². The van der Waals surface area contributed by atoms with Gasteiger partial charge in [-0.25, -0.2) is 4.39 Å². The zero-order valence-corrected chi connectivity index (χ0v) is 15.5. The van der Waals surface area contributed by atoms with Crippen LogP contribution in [0, 0.1) is 5.82 Å². The first-order valence-electron chi connectivity index (χ1n) is 9.46. The van der Waals surface area contributed by atoms with Crippen molar-refractivity contribution < 1.29 is 13.6 Å². The van der Waals surface area contributed by atoms with Gasteiger partial charge in [-0.05, 0) is 35.9 Å². The number of halogens is 1. The van der Waals surface area contributed by atoms with E-state index >= 15 is 0 Å². The van der Waals surface area contributed by atoms with Crippen LogP contribution in [0.3, 0.4) is 0 Å². The maximum Gasteiger partial charge on any atom is 0.223 e. The number of hydrogen-bond acceptors (Lipinski definition) is 4. The molecule has 0 saturated carbocycles. The van der Waals surface area contributed by atoms with E-state index in [-0.39, 0.29) is 17.8 Å². The van der Waals surface area contributed by atoms with E-state index in [1.165, 1.54) is 6.07 Å². The molecule has 0 aliphatic carbocycles. The summed E-state index contributed by atoms with van der Waals surface area (Å²) < 4.78 is 19.7. The number of rotatable bonds is 5. The minimum absolute atomic E-state index is 0.0134. The van der Waals surface area contributed by atoms with Gasteiger partial charge >= 0.3 is 0 Å². The average Bonchev–Trinajstić information content (AvgIpc) is 3.22. The molecule has 1 aliphatic rings. The second-order valence-corrected chi connectivity index (χ2v) is 6.84. The van der Waals surface area contributed by atoms with Gasteiger partial charge in [-0.2, -0.15) is 0 Å². The van der Waals surface area contributed by atoms with Crippen LogP contribution in [-0.2, 0) is 11.2 Å². The molecule has 3 heterocycles. The molecule has 1 fully saturated rings. The van der Waals surface area contributed by atoms with E-state index in [1.54, 1.807) is 30.5 Å². The Hall–Kier alpha value is -2.99. The van der Waals surface area contributed by atoms with Crippen LogP contribution < -0.4 is 5.32 Å². The van der Waals surface area contributed by atoms with Crippen LogP contribution in [0.5, 0.6) is 0 Å². The van der Waals surface area contributed by atoms with E-state index in [1.807, 2.05) is 29.3 Å². The van der Waals surface area contributed by atoms with Crippen LogP contribution in [-0.4, -0.2) is 35.4 Å². The number of amides is 1. The number of aromatic nitrogens is 1. The van der Waals surface area contributed by atoms with Crippen molar-refractivity contribution in [1.29, 1.82) is 0 Å². The summed E-state index contributed by atoms with van der Waals surface area (Å²) in [6.07, 6.45) is 4.37. The van der Waals surface area contributed by atoms with E-state index in [0.29, 0.717) is 36.5 Å². The molecular formula is C22H22FN3O2. The molecule has 0 radical (unpaired) electrons. The Balaban J connectivity index is 1.42. The molecule has 28 heavy (non-hydrogen) atoms. The number of furan rings is 1. The molecule has 1 unspecified atom stereocenters. The minimum atomic E-state index is -0.320. The SMILES string of the molecule is O=C(CCc1ccc(-c2ccccc2F)o1)N1CCNCC1c1cccnc1. The molecular weight excluding hydrogens is 357 g/mol. The first-order valence-corrected chi connectivity index (χ1v) is 9.46. The van der Waals surface area contributed by atoms with Crippen LogP contribution in [0.4, 0.5) is 4.39 Å². The summed E-state index contributed by atoms with van der Waals surface area (Å²) in [6, 6.07) is 13.9. The Labute approximate surface area is 163 Å². The lowest BCUT2D eigenvalue weighted by Crippen LogP contribution is -2.48. The summed E-state index contributed by atoms with van der Waals surface area (Å²) in [7, 11) is 0. The summed E-state index contributed by atoms with van der Waals surface area (Å²) >= 11 is 0. The second kappa shape index (κ2) is 8.35. The molecule has 1 atom stereocenters. The van der Waals surface area contributed by atoms with Gasteiger partial charge in [0.1, 0.15) is 17.3 Å². The van der Waals surface area contributed by atoms with Crippen molar-refractivity contribution in [2.45, 2.75) is 18.9 Å². The predicted octanol–water partition coefficient (Wildman–Crippen LogP) is 3.59. The molecule has 0 bridgehead atoms. The topological polar surface area (TPSA) is 58.4 Å². The number of pyridine rings is 1. The summed E-state index contributed by atoms with van der Waals surface area (Å²) in [4.78, 5) is 18.9. The zero-order valence-electron chi connectivity index (χ0n) is 15.5. The van der Waals surface area contributed by atoms with Crippen molar-refractivity contribution in [3.05, 3.63) is 78.1 Å². The molecule has 3 aromatic rings. The van der Waals surface area contributed by atoms with Gasteiger partial charge in [0.2, 0.25) is 5.91 Å². The standard InChI is InChI=1S/C22H22FN3O2/c23-19-6-2-1-5-18(19)21-9-7-17(28-21)8-10-22(27)26-13-12-25-15-20(26)16-4-3-11-24-14-16/h1-7,9,11,14,20,25H,8,10,12-13,15H2. The molecule has 1 saturated heterocycles. The fourth-order valence-electron chi connectivity index (χ4n) is 3.57. The lowest BCUT2D eigenvalue weighted by atomic mass is 10.0. The number of nitrogens with zero attached hydrogens (tertiary/aromatic N) is 2. The lowest BCUT2D eigenvalue weighted by molar-refractivity contribution is -0.134. The number of aryl methyl sites for hydroxylation is 1. The number of carbonyl (C=O) groups is 1. The third-order valence-electron chi connectivity index (χ3n) is 5.02. The Morgan fingerprint density at radius 3 is 2.93 bits per heavy atom. The maximum atomic E-state index is 13.9. The van der Waals surface area contributed by atoms with E-state index in [0.717, 1.165) is 18.7 Å². The van der Waals surface area contributed by atoms with Crippen molar-refractivity contribution >= 4 is 5.91 Å². The maximum absolute atomic E-state index is 13.9.